The van der Waals surface area contributed by atoms with Crippen LogP contribution in [0.1, 0.15) is 40.2 Å². The van der Waals surface area contributed by atoms with Crippen molar-refractivity contribution in [3.05, 3.63) is 65.0 Å². The molecule has 1 aromatic heterocycles. The molecule has 2 aromatic carbocycles. The lowest BCUT2D eigenvalue weighted by molar-refractivity contribution is 0.0946. The van der Waals surface area contributed by atoms with Gasteiger partial charge in [-0.3, -0.25) is 4.79 Å². The first-order valence-electron chi connectivity index (χ1n) is 10.1. The van der Waals surface area contributed by atoms with Crippen molar-refractivity contribution in [1.82, 2.24) is 19.8 Å². The molecule has 0 atom stereocenters. The number of sulfonamides is 1. The Morgan fingerprint density at radius 3 is 2.65 bits per heavy atom. The molecule has 1 saturated heterocycles. The second-order valence-corrected chi connectivity index (χ2v) is 9.56. The molecule has 9 heteroatoms. The Morgan fingerprint density at radius 2 is 1.90 bits per heavy atom. The maximum Gasteiger partial charge on any atom is 0.251 e. The van der Waals surface area contributed by atoms with Crippen LogP contribution < -0.4 is 5.32 Å². The van der Waals surface area contributed by atoms with E-state index in [4.69, 9.17) is 4.52 Å². The zero-order valence-corrected chi connectivity index (χ0v) is 18.3. The van der Waals surface area contributed by atoms with Gasteiger partial charge in [0.2, 0.25) is 21.7 Å². The van der Waals surface area contributed by atoms with E-state index in [1.165, 1.54) is 10.4 Å². The van der Waals surface area contributed by atoms with E-state index in [2.05, 4.69) is 15.5 Å². The Bertz CT molecular complexity index is 1210. The topological polar surface area (TPSA) is 105 Å². The molecule has 1 amide bonds. The van der Waals surface area contributed by atoms with Gasteiger partial charge in [-0.25, -0.2) is 8.42 Å². The minimum Gasteiger partial charge on any atom is -0.343 e. The summed E-state index contributed by atoms with van der Waals surface area (Å²) in [6, 6.07) is 12.4. The van der Waals surface area contributed by atoms with Crippen molar-refractivity contribution in [1.29, 1.82) is 0 Å². The molecule has 31 heavy (non-hydrogen) atoms. The second-order valence-electron chi connectivity index (χ2n) is 7.66. The molecule has 8 nitrogen and oxygen atoms in total. The van der Waals surface area contributed by atoms with E-state index in [9.17, 15) is 13.2 Å². The fourth-order valence-electron chi connectivity index (χ4n) is 3.57. The number of nitrogens with one attached hydrogen (secondary N) is 1. The van der Waals surface area contributed by atoms with Gasteiger partial charge in [0, 0.05) is 24.2 Å². The number of aryl methyl sites for hydroxylation is 2. The molecule has 0 bridgehead atoms. The lowest BCUT2D eigenvalue weighted by atomic mass is 10.1. The molecular formula is C22H24N4O4S. The lowest BCUT2D eigenvalue weighted by Gasteiger charge is -2.17. The predicted octanol–water partition coefficient (Wildman–Crippen LogP) is 3.07. The average molecular weight is 441 g/mol. The van der Waals surface area contributed by atoms with Crippen molar-refractivity contribution in [2.45, 2.75) is 38.1 Å². The van der Waals surface area contributed by atoms with Crippen LogP contribution in [0.2, 0.25) is 0 Å². The molecule has 0 spiro atoms. The van der Waals surface area contributed by atoms with Crippen LogP contribution >= 0.6 is 0 Å². The van der Waals surface area contributed by atoms with E-state index in [1.54, 1.807) is 19.1 Å². The highest BCUT2D eigenvalue weighted by molar-refractivity contribution is 7.89. The Morgan fingerprint density at radius 1 is 1.13 bits per heavy atom. The number of rotatable bonds is 6. The van der Waals surface area contributed by atoms with Crippen molar-refractivity contribution in [2.24, 2.45) is 0 Å². The monoisotopic (exact) mass is 440 g/mol. The van der Waals surface area contributed by atoms with Gasteiger partial charge in [0.05, 0.1) is 11.4 Å². The third-order valence-corrected chi connectivity index (χ3v) is 7.32. The highest BCUT2D eigenvalue weighted by Gasteiger charge is 2.29. The molecule has 0 radical (unpaired) electrons. The molecule has 0 saturated carbocycles. The summed E-state index contributed by atoms with van der Waals surface area (Å²) in [4.78, 5) is 17.1. The first kappa shape index (κ1) is 21.2. The summed E-state index contributed by atoms with van der Waals surface area (Å²) in [5, 5.41) is 6.67. The quantitative estimate of drug-likeness (QED) is 0.632. The molecule has 1 fully saturated rings. The summed E-state index contributed by atoms with van der Waals surface area (Å²) in [5.74, 6) is 0.303. The Labute approximate surface area is 181 Å². The van der Waals surface area contributed by atoms with Crippen LogP contribution in [0.25, 0.3) is 11.4 Å². The van der Waals surface area contributed by atoms with Gasteiger partial charge in [0.25, 0.3) is 5.91 Å². The standard InChI is InChI=1S/C22H24N4O4S/c1-15-6-5-7-17(12-15)21-24-20(30-25-21)14-23-22(27)18-9-8-16(2)19(13-18)31(28,29)26-10-3-4-11-26/h5-9,12-13H,3-4,10-11,14H2,1-2H3,(H,23,27). The minimum absolute atomic E-state index is 0.0414. The Hall–Kier alpha value is -3.04. The smallest absolute Gasteiger partial charge is 0.251 e. The highest BCUT2D eigenvalue weighted by Crippen LogP contribution is 2.25. The molecule has 162 valence electrons. The summed E-state index contributed by atoms with van der Waals surface area (Å²) in [6.45, 7) is 4.78. The molecule has 0 unspecified atom stereocenters. The van der Waals surface area contributed by atoms with Gasteiger partial charge in [0.15, 0.2) is 0 Å². The van der Waals surface area contributed by atoms with Gasteiger partial charge in [-0.1, -0.05) is 35.0 Å². The van der Waals surface area contributed by atoms with Crippen molar-refractivity contribution in [2.75, 3.05) is 13.1 Å². The van der Waals surface area contributed by atoms with Crippen LogP contribution in [-0.4, -0.2) is 41.9 Å². The van der Waals surface area contributed by atoms with Crippen LogP contribution in [0, 0.1) is 13.8 Å². The number of carbonyl (C=O) groups is 1. The van der Waals surface area contributed by atoms with E-state index >= 15 is 0 Å². The number of aromatic nitrogens is 2. The van der Waals surface area contributed by atoms with E-state index in [0.29, 0.717) is 24.5 Å². The van der Waals surface area contributed by atoms with Crippen LogP contribution in [0.15, 0.2) is 51.9 Å². The van der Waals surface area contributed by atoms with Crippen molar-refractivity contribution >= 4 is 15.9 Å². The van der Waals surface area contributed by atoms with Gasteiger partial charge in [0.1, 0.15) is 0 Å². The summed E-state index contributed by atoms with van der Waals surface area (Å²) in [6.07, 6.45) is 1.71. The number of nitrogens with zero attached hydrogens (tertiary/aromatic N) is 3. The molecule has 2 heterocycles. The zero-order valence-electron chi connectivity index (χ0n) is 17.5. The molecule has 1 aliphatic rings. The van der Waals surface area contributed by atoms with E-state index in [1.807, 2.05) is 31.2 Å². The van der Waals surface area contributed by atoms with Crippen LogP contribution in [0.4, 0.5) is 0 Å². The lowest BCUT2D eigenvalue weighted by Crippen LogP contribution is -2.29. The van der Waals surface area contributed by atoms with Gasteiger partial charge in [-0.05, 0) is 50.5 Å². The van der Waals surface area contributed by atoms with Gasteiger partial charge < -0.3 is 9.84 Å². The zero-order chi connectivity index (χ0) is 22.0. The molecule has 1 aliphatic heterocycles. The maximum atomic E-state index is 12.9. The molecule has 0 aliphatic carbocycles. The maximum absolute atomic E-state index is 12.9. The number of benzene rings is 2. The summed E-state index contributed by atoms with van der Waals surface area (Å²) in [7, 11) is -3.61. The Balaban J connectivity index is 1.47. The van der Waals surface area contributed by atoms with E-state index < -0.39 is 15.9 Å². The molecule has 1 N–H and O–H groups in total. The average Bonchev–Trinajstić information content (AvgIpc) is 3.45. The molecule has 3 aromatic rings. The first-order valence-corrected chi connectivity index (χ1v) is 11.6. The van der Waals surface area contributed by atoms with Crippen LogP contribution in [0.3, 0.4) is 0 Å². The fraction of sp³-hybridized carbons (Fsp3) is 0.318. The SMILES string of the molecule is Cc1cccc(-c2noc(CNC(=O)c3ccc(C)c(S(=O)(=O)N4CCCC4)c3)n2)c1. The summed E-state index contributed by atoms with van der Waals surface area (Å²) < 4.78 is 32.6. The number of carbonyl (C=O) groups excluding carboxylic acids is 1. The predicted molar refractivity (Wildman–Crippen MR) is 115 cm³/mol. The van der Waals surface area contributed by atoms with E-state index in [-0.39, 0.29) is 22.9 Å². The normalized spacial score (nSPS) is 14.6. The number of hydrogen-bond donors (Lipinski definition) is 1. The number of amides is 1. The highest BCUT2D eigenvalue weighted by atomic mass is 32.2. The summed E-state index contributed by atoms with van der Waals surface area (Å²) >= 11 is 0. The van der Waals surface area contributed by atoms with Crippen LogP contribution in [0.5, 0.6) is 0 Å². The van der Waals surface area contributed by atoms with Crippen molar-refractivity contribution in [3.8, 4) is 11.4 Å². The fourth-order valence-corrected chi connectivity index (χ4v) is 5.34. The molecule has 4 rings (SSSR count). The van der Waals surface area contributed by atoms with Crippen LogP contribution in [-0.2, 0) is 16.6 Å². The Kier molecular flexibility index (Phi) is 5.88. The first-order chi connectivity index (χ1) is 14.8. The minimum atomic E-state index is -3.61. The molecular weight excluding hydrogens is 416 g/mol. The van der Waals surface area contributed by atoms with Gasteiger partial charge in [-0.2, -0.15) is 9.29 Å². The van der Waals surface area contributed by atoms with Crippen molar-refractivity contribution in [3.63, 3.8) is 0 Å². The summed E-state index contributed by atoms with van der Waals surface area (Å²) in [5.41, 5.74) is 2.79. The van der Waals surface area contributed by atoms with Gasteiger partial charge in [-0.15, -0.1) is 0 Å². The van der Waals surface area contributed by atoms with Crippen molar-refractivity contribution < 1.29 is 17.7 Å². The van der Waals surface area contributed by atoms with E-state index in [0.717, 1.165) is 24.0 Å². The van der Waals surface area contributed by atoms with Gasteiger partial charge >= 0.3 is 0 Å². The number of hydrogen-bond acceptors (Lipinski definition) is 6. The largest absolute Gasteiger partial charge is 0.343 e. The third-order valence-electron chi connectivity index (χ3n) is 5.28. The second kappa shape index (κ2) is 8.60. The third kappa shape index (κ3) is 4.52.